The van der Waals surface area contributed by atoms with Gasteiger partial charge in [0.1, 0.15) is 11.9 Å². The van der Waals surface area contributed by atoms with Crippen molar-refractivity contribution in [2.24, 2.45) is 0 Å². The third-order valence-corrected chi connectivity index (χ3v) is 6.54. The molecule has 10 nitrogen and oxygen atoms in total. The molecule has 200 valence electrons. The van der Waals surface area contributed by atoms with E-state index in [2.05, 4.69) is 25.8 Å². The van der Waals surface area contributed by atoms with Crippen LogP contribution >= 0.6 is 11.6 Å². The summed E-state index contributed by atoms with van der Waals surface area (Å²) in [6.45, 7) is 1.45. The molecule has 39 heavy (non-hydrogen) atoms. The molecule has 2 heterocycles. The highest BCUT2D eigenvalue weighted by atomic mass is 35.5. The number of aromatic nitrogens is 3. The summed E-state index contributed by atoms with van der Waals surface area (Å²) in [6, 6.07) is 18.1. The van der Waals surface area contributed by atoms with Crippen LogP contribution in [-0.2, 0) is 9.53 Å². The van der Waals surface area contributed by atoms with Crippen LogP contribution in [0.4, 0.5) is 17.4 Å². The topological polar surface area (TPSA) is 128 Å². The Morgan fingerprint density at radius 2 is 1.64 bits per heavy atom. The van der Waals surface area contributed by atoms with Crippen LogP contribution in [0.2, 0.25) is 5.02 Å². The molecule has 4 aromatic rings. The lowest BCUT2D eigenvalue weighted by molar-refractivity contribution is -0.147. The Labute approximate surface area is 229 Å². The predicted octanol–water partition coefficient (Wildman–Crippen LogP) is 6.50. The van der Waals surface area contributed by atoms with Gasteiger partial charge in [0.05, 0.1) is 11.9 Å². The predicted molar refractivity (Wildman–Crippen MR) is 145 cm³/mol. The number of benzene rings is 2. The van der Waals surface area contributed by atoms with E-state index >= 15 is 0 Å². The first-order chi connectivity index (χ1) is 18.9. The summed E-state index contributed by atoms with van der Waals surface area (Å²) in [5, 5.41) is 14.0. The third-order valence-electron chi connectivity index (χ3n) is 6.29. The molecule has 0 atom stereocenters. The number of rotatable bonds is 8. The average Bonchev–Trinajstić information content (AvgIpc) is 3.40. The molecule has 2 N–H and O–H groups in total. The number of hydrogen-bond donors (Lipinski definition) is 2. The molecule has 2 aromatic heterocycles. The van der Waals surface area contributed by atoms with Gasteiger partial charge in [0.15, 0.2) is 0 Å². The minimum Gasteiger partial charge on any atom is -0.463 e. The highest BCUT2D eigenvalue weighted by Gasteiger charge is 2.24. The first-order valence-electron chi connectivity index (χ1n) is 12.5. The number of pyridine rings is 1. The van der Waals surface area contributed by atoms with Gasteiger partial charge < -0.3 is 24.5 Å². The number of anilines is 3. The van der Waals surface area contributed by atoms with E-state index in [1.807, 2.05) is 24.3 Å². The van der Waals surface area contributed by atoms with Gasteiger partial charge >= 0.3 is 23.8 Å². The summed E-state index contributed by atoms with van der Waals surface area (Å²) in [5.41, 5.74) is 2.38. The number of nitrogens with one attached hydrogen (secondary N) is 2. The number of carbonyl (C=O) groups is 2. The highest BCUT2D eigenvalue weighted by Crippen LogP contribution is 2.34. The van der Waals surface area contributed by atoms with Crippen molar-refractivity contribution in [1.82, 2.24) is 15.2 Å². The minimum absolute atomic E-state index is 0.0100. The van der Waals surface area contributed by atoms with Crippen molar-refractivity contribution in [2.45, 2.75) is 44.6 Å². The van der Waals surface area contributed by atoms with E-state index in [-0.39, 0.29) is 24.0 Å². The van der Waals surface area contributed by atoms with E-state index in [0.29, 0.717) is 33.9 Å². The van der Waals surface area contributed by atoms with E-state index in [9.17, 15) is 9.59 Å². The maximum Gasteiger partial charge on any atom is 0.320 e. The molecule has 1 aliphatic carbocycles. The van der Waals surface area contributed by atoms with Gasteiger partial charge in [0, 0.05) is 23.7 Å². The summed E-state index contributed by atoms with van der Waals surface area (Å²) >= 11 is 5.89. The van der Waals surface area contributed by atoms with Crippen molar-refractivity contribution in [2.75, 3.05) is 10.6 Å². The summed E-state index contributed by atoms with van der Waals surface area (Å²) < 4.78 is 16.5. The Kier molecular flexibility index (Phi) is 8.02. The van der Waals surface area contributed by atoms with Crippen molar-refractivity contribution >= 4 is 40.9 Å². The van der Waals surface area contributed by atoms with E-state index in [4.69, 9.17) is 25.5 Å². The summed E-state index contributed by atoms with van der Waals surface area (Å²) in [4.78, 5) is 28.0. The fourth-order valence-corrected chi connectivity index (χ4v) is 4.52. The smallest absolute Gasteiger partial charge is 0.320 e. The number of ether oxygens (including phenoxy) is 2. The van der Waals surface area contributed by atoms with Crippen LogP contribution in [0.3, 0.4) is 0 Å². The number of hydrogen-bond acceptors (Lipinski definition) is 9. The first kappa shape index (κ1) is 26.2. The number of halogens is 1. The Balaban J connectivity index is 1.12. The monoisotopic (exact) mass is 547 g/mol. The van der Waals surface area contributed by atoms with Crippen LogP contribution in [0.5, 0.6) is 11.6 Å². The van der Waals surface area contributed by atoms with E-state index in [1.165, 1.54) is 12.5 Å². The van der Waals surface area contributed by atoms with Crippen molar-refractivity contribution in [1.29, 1.82) is 0 Å². The van der Waals surface area contributed by atoms with Crippen LogP contribution in [0.1, 0.15) is 54.8 Å². The second-order valence-corrected chi connectivity index (χ2v) is 9.57. The van der Waals surface area contributed by atoms with Crippen LogP contribution in [0, 0.1) is 0 Å². The van der Waals surface area contributed by atoms with Gasteiger partial charge in [-0.3, -0.25) is 9.59 Å². The Bertz CT molecular complexity index is 1420. The SMILES string of the molecule is CC(=O)OC1CCC(c2ccc(NC(=O)c3nnc(Nc4ccc(Oc5ccc(Cl)cc5)nc4)o3)cc2)CC1. The third kappa shape index (κ3) is 7.11. The number of amides is 1. The Morgan fingerprint density at radius 1 is 0.923 bits per heavy atom. The zero-order chi connectivity index (χ0) is 27.2. The Morgan fingerprint density at radius 3 is 2.31 bits per heavy atom. The molecular weight excluding hydrogens is 522 g/mol. The van der Waals surface area contributed by atoms with Crippen LogP contribution in [0.25, 0.3) is 0 Å². The normalized spacial score (nSPS) is 16.8. The fourth-order valence-electron chi connectivity index (χ4n) is 4.40. The van der Waals surface area contributed by atoms with Crippen LogP contribution < -0.4 is 15.4 Å². The van der Waals surface area contributed by atoms with Gasteiger partial charge in [-0.25, -0.2) is 4.98 Å². The van der Waals surface area contributed by atoms with Crippen molar-refractivity contribution in [3.8, 4) is 11.6 Å². The summed E-state index contributed by atoms with van der Waals surface area (Å²) in [5.74, 6) is 0.483. The van der Waals surface area contributed by atoms with E-state index in [1.54, 1.807) is 42.6 Å². The number of nitrogens with zero attached hydrogens (tertiary/aromatic N) is 3. The van der Waals surface area contributed by atoms with Gasteiger partial charge in [-0.05, 0) is 79.6 Å². The van der Waals surface area contributed by atoms with Gasteiger partial charge in [-0.2, -0.15) is 0 Å². The molecule has 0 saturated heterocycles. The van der Waals surface area contributed by atoms with Crippen LogP contribution in [-0.4, -0.2) is 33.2 Å². The lowest BCUT2D eigenvalue weighted by Crippen LogP contribution is -2.22. The lowest BCUT2D eigenvalue weighted by atomic mass is 9.82. The van der Waals surface area contributed by atoms with Crippen molar-refractivity contribution in [3.63, 3.8) is 0 Å². The van der Waals surface area contributed by atoms with Gasteiger partial charge in [-0.1, -0.05) is 28.8 Å². The van der Waals surface area contributed by atoms with Gasteiger partial charge in [0.2, 0.25) is 5.88 Å². The first-order valence-corrected chi connectivity index (χ1v) is 12.9. The lowest BCUT2D eigenvalue weighted by Gasteiger charge is -2.28. The molecule has 11 heteroatoms. The molecule has 0 spiro atoms. The maximum absolute atomic E-state index is 12.6. The molecule has 5 rings (SSSR count). The standard InChI is InChI=1S/C28H26ClN5O5/c1-17(35)37-23-11-4-19(5-12-23)18-2-8-21(9-3-18)31-26(36)27-33-34-28(39-27)32-22-10-15-25(30-16-22)38-24-13-6-20(29)7-14-24/h2-3,6-10,13-16,19,23H,4-5,11-12H2,1H3,(H,31,36)(H,32,34). The molecule has 1 amide bonds. The molecule has 2 aromatic carbocycles. The molecule has 0 unspecified atom stereocenters. The largest absolute Gasteiger partial charge is 0.463 e. The quantitative estimate of drug-likeness (QED) is 0.237. The molecule has 0 aliphatic heterocycles. The van der Waals surface area contributed by atoms with Gasteiger partial charge in [-0.15, -0.1) is 5.10 Å². The number of esters is 1. The molecule has 1 saturated carbocycles. The molecule has 1 aliphatic rings. The highest BCUT2D eigenvalue weighted by molar-refractivity contribution is 6.30. The zero-order valence-corrected chi connectivity index (χ0v) is 21.9. The molecule has 1 fully saturated rings. The minimum atomic E-state index is -0.518. The van der Waals surface area contributed by atoms with Crippen LogP contribution in [0.15, 0.2) is 71.3 Å². The fraction of sp³-hybridized carbons (Fsp3) is 0.250. The van der Waals surface area contributed by atoms with Crippen molar-refractivity contribution < 1.29 is 23.5 Å². The van der Waals surface area contributed by atoms with Crippen molar-refractivity contribution in [3.05, 3.63) is 83.3 Å². The second kappa shape index (κ2) is 12.0. The second-order valence-electron chi connectivity index (χ2n) is 9.14. The molecular formula is C28H26ClN5O5. The summed E-state index contributed by atoms with van der Waals surface area (Å²) in [7, 11) is 0. The van der Waals surface area contributed by atoms with E-state index < -0.39 is 5.91 Å². The van der Waals surface area contributed by atoms with Gasteiger partial charge in [0.25, 0.3) is 0 Å². The molecule has 0 radical (unpaired) electrons. The Hall–Kier alpha value is -4.44. The maximum atomic E-state index is 12.6. The average molecular weight is 548 g/mol. The summed E-state index contributed by atoms with van der Waals surface area (Å²) in [6.07, 6.45) is 5.17. The van der Waals surface area contributed by atoms with E-state index in [0.717, 1.165) is 25.7 Å². The zero-order valence-electron chi connectivity index (χ0n) is 21.1. The number of carbonyl (C=O) groups excluding carboxylic acids is 2. The molecule has 0 bridgehead atoms.